The number of para-hydroxylation sites is 1. The van der Waals surface area contributed by atoms with E-state index in [0.29, 0.717) is 23.6 Å². The van der Waals surface area contributed by atoms with Crippen molar-refractivity contribution >= 4 is 21.8 Å². The Kier molecular flexibility index (Phi) is 5.19. The largest absolute Gasteiger partial charge is 0.496 e. The maximum absolute atomic E-state index is 12.7. The molecule has 0 aliphatic rings. The first-order valence-electron chi connectivity index (χ1n) is 7.72. The summed E-state index contributed by atoms with van der Waals surface area (Å²) in [6, 6.07) is 15.1. The zero-order valence-electron chi connectivity index (χ0n) is 13.9. The van der Waals surface area contributed by atoms with Gasteiger partial charge < -0.3 is 14.6 Å². The predicted molar refractivity (Wildman–Crippen MR) is 98.5 cm³/mol. The molecule has 3 rings (SSSR count). The van der Waals surface area contributed by atoms with Crippen molar-refractivity contribution < 1.29 is 14.1 Å². The number of rotatable bonds is 5. The van der Waals surface area contributed by atoms with E-state index < -0.39 is 0 Å². The lowest BCUT2D eigenvalue weighted by molar-refractivity contribution is 0.0949. The van der Waals surface area contributed by atoms with Gasteiger partial charge in [0.15, 0.2) is 0 Å². The van der Waals surface area contributed by atoms with Gasteiger partial charge in [0.2, 0.25) is 0 Å². The second-order valence-corrected chi connectivity index (χ2v) is 6.38. The normalized spacial score (nSPS) is 10.5. The molecule has 2 aromatic carbocycles. The Balaban J connectivity index is 1.83. The molecule has 0 spiro atoms. The molecule has 0 aliphatic carbocycles. The van der Waals surface area contributed by atoms with E-state index >= 15 is 0 Å². The number of nitrogens with zero attached hydrogens (tertiary/aromatic N) is 1. The Morgan fingerprint density at radius 2 is 1.92 bits per heavy atom. The van der Waals surface area contributed by atoms with Crippen molar-refractivity contribution in [1.29, 1.82) is 0 Å². The second-order valence-electron chi connectivity index (χ2n) is 5.46. The maximum atomic E-state index is 12.7. The third-order valence-corrected chi connectivity index (χ3v) is 4.37. The summed E-state index contributed by atoms with van der Waals surface area (Å²) in [5.41, 5.74) is 2.69. The Morgan fingerprint density at radius 3 is 2.64 bits per heavy atom. The number of carbonyl (C=O) groups excluding carboxylic acids is 1. The van der Waals surface area contributed by atoms with E-state index in [1.54, 1.807) is 14.0 Å². The summed E-state index contributed by atoms with van der Waals surface area (Å²) in [5.74, 6) is 0.982. The number of methoxy groups -OCH3 is 1. The molecule has 128 valence electrons. The minimum absolute atomic E-state index is 0.234. The third-order valence-electron chi connectivity index (χ3n) is 3.84. The maximum Gasteiger partial charge on any atom is 0.257 e. The van der Waals surface area contributed by atoms with Gasteiger partial charge >= 0.3 is 0 Å². The Morgan fingerprint density at radius 1 is 1.20 bits per heavy atom. The summed E-state index contributed by atoms with van der Waals surface area (Å²) in [5, 5.41) is 6.96. The molecule has 0 bridgehead atoms. The molecule has 6 heteroatoms. The smallest absolute Gasteiger partial charge is 0.257 e. The van der Waals surface area contributed by atoms with E-state index in [1.165, 1.54) is 0 Å². The van der Waals surface area contributed by atoms with Crippen molar-refractivity contribution in [2.75, 3.05) is 7.11 Å². The summed E-state index contributed by atoms with van der Waals surface area (Å²) >= 11 is 3.40. The van der Waals surface area contributed by atoms with Crippen LogP contribution in [0.1, 0.15) is 21.7 Å². The number of hydrogen-bond acceptors (Lipinski definition) is 4. The molecule has 0 fully saturated rings. The van der Waals surface area contributed by atoms with Crippen molar-refractivity contribution in [2.45, 2.75) is 13.5 Å². The molecule has 25 heavy (non-hydrogen) atoms. The van der Waals surface area contributed by atoms with Crippen LogP contribution in [0, 0.1) is 6.92 Å². The zero-order chi connectivity index (χ0) is 17.8. The molecule has 5 nitrogen and oxygen atoms in total. The first-order chi connectivity index (χ1) is 12.1. The Labute approximate surface area is 154 Å². The quantitative estimate of drug-likeness (QED) is 0.691. The molecule has 0 saturated carbocycles. The highest BCUT2D eigenvalue weighted by Crippen LogP contribution is 2.27. The molecule has 0 saturated heterocycles. The number of aryl methyl sites for hydroxylation is 1. The minimum atomic E-state index is -0.234. The third kappa shape index (κ3) is 3.74. The average Bonchev–Trinajstić information content (AvgIpc) is 3.02. The van der Waals surface area contributed by atoms with Crippen LogP contribution in [-0.4, -0.2) is 18.2 Å². The number of nitrogens with one attached hydrogen (secondary N) is 1. The molecular formula is C19H17BrN2O3. The molecule has 0 atom stereocenters. The number of benzene rings is 2. The van der Waals surface area contributed by atoms with Gasteiger partial charge in [0.05, 0.1) is 7.11 Å². The monoisotopic (exact) mass is 400 g/mol. The van der Waals surface area contributed by atoms with Crippen LogP contribution in [0.15, 0.2) is 57.5 Å². The Bertz CT molecular complexity index is 888. The van der Waals surface area contributed by atoms with E-state index in [9.17, 15) is 4.79 Å². The number of amides is 1. The summed E-state index contributed by atoms with van der Waals surface area (Å²) in [6.07, 6.45) is 0. The van der Waals surface area contributed by atoms with Crippen molar-refractivity contribution in [3.63, 3.8) is 0 Å². The van der Waals surface area contributed by atoms with Crippen LogP contribution in [0.5, 0.6) is 5.75 Å². The van der Waals surface area contributed by atoms with E-state index in [1.807, 2.05) is 48.5 Å². The SMILES string of the molecule is COc1ccccc1CNC(=O)c1c(-c2ccc(Br)cc2)noc1C. The van der Waals surface area contributed by atoms with E-state index in [4.69, 9.17) is 9.26 Å². The molecule has 1 heterocycles. The van der Waals surface area contributed by atoms with Gasteiger partial charge in [0, 0.05) is 22.1 Å². The van der Waals surface area contributed by atoms with Gasteiger partial charge in [-0.3, -0.25) is 4.79 Å². The van der Waals surface area contributed by atoms with Crippen molar-refractivity contribution in [3.8, 4) is 17.0 Å². The first-order valence-corrected chi connectivity index (χ1v) is 8.51. The fourth-order valence-electron chi connectivity index (χ4n) is 2.56. The van der Waals surface area contributed by atoms with Gasteiger partial charge in [-0.25, -0.2) is 0 Å². The lowest BCUT2D eigenvalue weighted by Gasteiger charge is -2.09. The summed E-state index contributed by atoms with van der Waals surface area (Å²) in [7, 11) is 1.61. The van der Waals surface area contributed by atoms with Gasteiger partial charge in [-0.15, -0.1) is 0 Å². The van der Waals surface area contributed by atoms with Crippen LogP contribution in [0.2, 0.25) is 0 Å². The number of aromatic nitrogens is 1. The highest BCUT2D eigenvalue weighted by atomic mass is 79.9. The highest BCUT2D eigenvalue weighted by molar-refractivity contribution is 9.10. The van der Waals surface area contributed by atoms with Gasteiger partial charge in [-0.05, 0) is 25.1 Å². The molecule has 0 radical (unpaired) electrons. The number of hydrogen-bond donors (Lipinski definition) is 1. The van der Waals surface area contributed by atoms with Crippen molar-refractivity contribution in [3.05, 3.63) is 69.9 Å². The van der Waals surface area contributed by atoms with Crippen LogP contribution >= 0.6 is 15.9 Å². The van der Waals surface area contributed by atoms with E-state index in [0.717, 1.165) is 21.3 Å². The lowest BCUT2D eigenvalue weighted by atomic mass is 10.1. The van der Waals surface area contributed by atoms with E-state index in [-0.39, 0.29) is 5.91 Å². The fourth-order valence-corrected chi connectivity index (χ4v) is 2.82. The highest BCUT2D eigenvalue weighted by Gasteiger charge is 2.21. The number of carbonyl (C=O) groups is 1. The predicted octanol–water partition coefficient (Wildman–Crippen LogP) is 4.35. The minimum Gasteiger partial charge on any atom is -0.496 e. The van der Waals surface area contributed by atoms with E-state index in [2.05, 4.69) is 26.4 Å². The fraction of sp³-hybridized carbons (Fsp3) is 0.158. The van der Waals surface area contributed by atoms with Crippen LogP contribution in [0.25, 0.3) is 11.3 Å². The molecule has 0 aliphatic heterocycles. The van der Waals surface area contributed by atoms with Crippen LogP contribution in [-0.2, 0) is 6.54 Å². The summed E-state index contributed by atoms with van der Waals surface area (Å²) in [4.78, 5) is 12.7. The summed E-state index contributed by atoms with van der Waals surface area (Å²) < 4.78 is 11.5. The number of ether oxygens (including phenoxy) is 1. The van der Waals surface area contributed by atoms with Gasteiger partial charge in [-0.2, -0.15) is 0 Å². The standard InChI is InChI=1S/C19H17BrN2O3/c1-12-17(18(22-25-12)13-7-9-15(20)10-8-13)19(23)21-11-14-5-3-4-6-16(14)24-2/h3-10H,11H2,1-2H3,(H,21,23). The molecule has 1 aromatic heterocycles. The van der Waals surface area contributed by atoms with Crippen molar-refractivity contribution in [1.82, 2.24) is 10.5 Å². The average molecular weight is 401 g/mol. The lowest BCUT2D eigenvalue weighted by Crippen LogP contribution is -2.24. The topological polar surface area (TPSA) is 64.4 Å². The second kappa shape index (κ2) is 7.53. The first kappa shape index (κ1) is 17.2. The molecular weight excluding hydrogens is 384 g/mol. The van der Waals surface area contributed by atoms with Gasteiger partial charge in [-0.1, -0.05) is 51.4 Å². The Hall–Kier alpha value is -2.60. The van der Waals surface area contributed by atoms with Gasteiger partial charge in [0.25, 0.3) is 5.91 Å². The number of halogens is 1. The van der Waals surface area contributed by atoms with Crippen LogP contribution in [0.3, 0.4) is 0 Å². The zero-order valence-corrected chi connectivity index (χ0v) is 15.5. The molecule has 3 aromatic rings. The molecule has 0 unspecified atom stereocenters. The van der Waals surface area contributed by atoms with Crippen molar-refractivity contribution in [2.24, 2.45) is 0 Å². The molecule has 1 amide bonds. The van der Waals surface area contributed by atoms with Crippen LogP contribution in [0.4, 0.5) is 0 Å². The van der Waals surface area contributed by atoms with Crippen LogP contribution < -0.4 is 10.1 Å². The molecule has 1 N–H and O–H groups in total. The summed E-state index contributed by atoms with van der Waals surface area (Å²) in [6.45, 7) is 2.08. The van der Waals surface area contributed by atoms with Gasteiger partial charge in [0.1, 0.15) is 22.8 Å².